The van der Waals surface area contributed by atoms with Crippen LogP contribution in [0.5, 0.6) is 0 Å². The van der Waals surface area contributed by atoms with E-state index in [0.717, 1.165) is 39.7 Å². The van der Waals surface area contributed by atoms with Gasteiger partial charge >= 0.3 is 0 Å². The quantitative estimate of drug-likeness (QED) is 0.233. The van der Waals surface area contributed by atoms with E-state index in [4.69, 9.17) is 0 Å². The molecule has 0 fully saturated rings. The normalized spacial score (nSPS) is 11.4. The van der Waals surface area contributed by atoms with Gasteiger partial charge in [-0.15, -0.1) is 0 Å². The van der Waals surface area contributed by atoms with Crippen LogP contribution in [0.4, 0.5) is 0 Å². The topological polar surface area (TPSA) is 77.3 Å². The van der Waals surface area contributed by atoms with Crippen LogP contribution in [0.25, 0.3) is 0 Å². The third-order valence-electron chi connectivity index (χ3n) is 3.75. The number of alkyl halides is 1. The minimum atomic E-state index is -2.04. The second-order valence-corrected chi connectivity index (χ2v) is 9.65. The lowest BCUT2D eigenvalue weighted by Crippen LogP contribution is -2.38. The van der Waals surface area contributed by atoms with Gasteiger partial charge in [0.25, 0.3) is 0 Å². The molecule has 0 aliphatic rings. The lowest BCUT2D eigenvalue weighted by atomic mass is 10.4. The van der Waals surface area contributed by atoms with Gasteiger partial charge in [-0.25, -0.2) is 29.9 Å². The fourth-order valence-corrected chi connectivity index (χ4v) is 7.01. The third-order valence-corrected chi connectivity index (χ3v) is 8.64. The summed E-state index contributed by atoms with van der Waals surface area (Å²) in [7, 11) is -2.04. The highest BCUT2D eigenvalue weighted by Crippen LogP contribution is 2.54. The number of unbranched alkanes of at least 4 members (excludes halogenated alkanes) is 1. The van der Waals surface area contributed by atoms with E-state index in [9.17, 15) is 0 Å². The molecule has 0 aliphatic carbocycles. The summed E-state index contributed by atoms with van der Waals surface area (Å²) in [6.45, 7) is 0. The molecule has 0 amide bonds. The van der Waals surface area contributed by atoms with E-state index < -0.39 is 7.26 Å². The Kier molecular flexibility index (Phi) is 6.09. The molecule has 24 heavy (non-hydrogen) atoms. The summed E-state index contributed by atoms with van der Waals surface area (Å²) in [5.41, 5.74) is 3.01. The molecular weight excluding hydrogens is 438 g/mol. The van der Waals surface area contributed by atoms with E-state index in [2.05, 4.69) is 52.5 Å². The largest absolute Gasteiger partial charge is 0.245 e. The van der Waals surface area contributed by atoms with Crippen LogP contribution in [0.15, 0.2) is 55.8 Å². The fourth-order valence-electron chi connectivity index (χ4n) is 2.67. The van der Waals surface area contributed by atoms with Crippen molar-refractivity contribution in [3.05, 3.63) is 55.8 Å². The van der Waals surface area contributed by atoms with E-state index >= 15 is 0 Å². The van der Waals surface area contributed by atoms with Crippen molar-refractivity contribution in [3.63, 3.8) is 0 Å². The molecule has 0 aliphatic heterocycles. The Bertz CT molecular complexity index is 648. The molecule has 3 rings (SSSR count). The average Bonchev–Trinajstić information content (AvgIpc) is 2.68. The SMILES string of the molecule is [131I]CCCC[P+](c1ccncn1)(c1ccncn1)c1ccncn1. The van der Waals surface area contributed by atoms with Crippen LogP contribution in [-0.4, -0.2) is 40.5 Å². The maximum atomic E-state index is 4.60. The maximum Gasteiger partial charge on any atom is 0.199 e. The van der Waals surface area contributed by atoms with Gasteiger partial charge in [0.15, 0.2) is 23.6 Å². The van der Waals surface area contributed by atoms with Crippen LogP contribution < -0.4 is 16.3 Å². The summed E-state index contributed by atoms with van der Waals surface area (Å²) in [5, 5.41) is 0. The number of halogens is 1. The molecule has 3 aromatic rings. The standard InChI is InChI=1S/C16H17IN6P/c17-6-1-2-10-24(14-3-7-18-11-21-14,15-4-8-19-12-22-15)16-5-9-20-13-23-16/h3-5,7-9,11-13H,1-2,6,10H2/q+1/i17+4. The first-order chi connectivity index (χ1) is 11.9. The highest BCUT2D eigenvalue weighted by Gasteiger charge is 2.49. The van der Waals surface area contributed by atoms with Crippen LogP contribution in [0.3, 0.4) is 0 Å². The second-order valence-electron chi connectivity index (χ2n) is 5.13. The predicted molar refractivity (Wildman–Crippen MR) is 105 cm³/mol. The van der Waals surface area contributed by atoms with Crippen molar-refractivity contribution in [1.82, 2.24) is 29.9 Å². The van der Waals surface area contributed by atoms with Crippen molar-refractivity contribution in [2.75, 3.05) is 10.6 Å². The molecule has 8 heteroatoms. The molecule has 0 bridgehead atoms. The molecule has 0 N–H and O–H groups in total. The molecule has 3 aromatic heterocycles. The summed E-state index contributed by atoms with van der Waals surface area (Å²) in [4.78, 5) is 26.0. The minimum Gasteiger partial charge on any atom is -0.245 e. The van der Waals surface area contributed by atoms with Crippen molar-refractivity contribution >= 4 is 46.2 Å². The van der Waals surface area contributed by atoms with E-state index in [-0.39, 0.29) is 0 Å². The first-order valence-electron chi connectivity index (χ1n) is 7.61. The first kappa shape index (κ1) is 17.2. The molecule has 0 saturated heterocycles. The minimum absolute atomic E-state index is 0.973. The van der Waals surface area contributed by atoms with Gasteiger partial charge in [-0.1, -0.05) is 22.6 Å². The molecule has 0 aromatic carbocycles. The summed E-state index contributed by atoms with van der Waals surface area (Å²) in [5.74, 6) is 0. The van der Waals surface area contributed by atoms with Gasteiger partial charge < -0.3 is 0 Å². The number of aromatic nitrogens is 6. The number of nitrogens with zero attached hydrogens (tertiary/aromatic N) is 6. The molecular formula is C16H17IN6P+. The van der Waals surface area contributed by atoms with Gasteiger partial charge in [-0.3, -0.25) is 0 Å². The molecule has 3 heterocycles. The van der Waals surface area contributed by atoms with E-state index in [1.165, 1.54) is 0 Å². The molecule has 0 unspecified atom stereocenters. The molecule has 122 valence electrons. The molecule has 0 radical (unpaired) electrons. The third kappa shape index (κ3) is 3.57. The van der Waals surface area contributed by atoms with Gasteiger partial charge in [0, 0.05) is 36.8 Å². The molecule has 6 nitrogen and oxygen atoms in total. The zero-order valence-corrected chi connectivity index (χ0v) is 16.1. The number of rotatable bonds is 7. The van der Waals surface area contributed by atoms with Gasteiger partial charge in [0.05, 0.1) is 6.16 Å². The smallest absolute Gasteiger partial charge is 0.199 e. The van der Waals surface area contributed by atoms with Crippen LogP contribution in [-0.2, 0) is 0 Å². The zero-order valence-electron chi connectivity index (χ0n) is 13.0. The van der Waals surface area contributed by atoms with Gasteiger partial charge in [-0.05, 0) is 17.3 Å². The number of hydrogen-bond donors (Lipinski definition) is 0. The first-order valence-corrected chi connectivity index (χ1v) is 11.1. The Morgan fingerprint density at radius 1 is 0.708 bits per heavy atom. The lowest BCUT2D eigenvalue weighted by Gasteiger charge is -2.23. The second kappa shape index (κ2) is 8.48. The Morgan fingerprint density at radius 3 is 1.50 bits per heavy atom. The highest BCUT2D eigenvalue weighted by atomic mass is 131. The zero-order chi connectivity index (χ0) is 16.7. The predicted octanol–water partition coefficient (Wildman–Crippen LogP) is 1.57. The van der Waals surface area contributed by atoms with Crippen LogP contribution in [0.2, 0.25) is 0 Å². The molecule has 0 spiro atoms. The van der Waals surface area contributed by atoms with Crippen LogP contribution in [0.1, 0.15) is 12.8 Å². The van der Waals surface area contributed by atoms with Gasteiger partial charge in [0.2, 0.25) is 0 Å². The Morgan fingerprint density at radius 2 is 1.17 bits per heavy atom. The Hall–Kier alpha value is -1.60. The summed E-state index contributed by atoms with van der Waals surface area (Å²) >= 11 is 2.42. The van der Waals surface area contributed by atoms with Crippen molar-refractivity contribution in [3.8, 4) is 0 Å². The van der Waals surface area contributed by atoms with Gasteiger partial charge in [0.1, 0.15) is 19.0 Å². The van der Waals surface area contributed by atoms with Crippen molar-refractivity contribution in [1.29, 1.82) is 0 Å². The van der Waals surface area contributed by atoms with E-state index in [1.54, 1.807) is 37.6 Å². The lowest BCUT2D eigenvalue weighted by molar-refractivity contribution is 0.912. The summed E-state index contributed by atoms with van der Waals surface area (Å²) < 4.78 is 1.13. The van der Waals surface area contributed by atoms with Crippen molar-refractivity contribution in [2.24, 2.45) is 0 Å². The fraction of sp³-hybridized carbons (Fsp3) is 0.250. The van der Waals surface area contributed by atoms with E-state index in [0.29, 0.717) is 0 Å². The summed E-state index contributed by atoms with van der Waals surface area (Å²) in [6.07, 6.45) is 13.4. The number of hydrogen-bond acceptors (Lipinski definition) is 6. The monoisotopic (exact) mass is 455 g/mol. The van der Waals surface area contributed by atoms with Crippen LogP contribution in [0, 0.1) is 0 Å². The van der Waals surface area contributed by atoms with E-state index in [1.807, 2.05) is 18.2 Å². The highest BCUT2D eigenvalue weighted by molar-refractivity contribution is 14.1. The van der Waals surface area contributed by atoms with Crippen LogP contribution >= 0.6 is 29.9 Å². The Labute approximate surface area is 155 Å². The molecule has 0 saturated carbocycles. The molecule has 0 atom stereocenters. The van der Waals surface area contributed by atoms with Crippen molar-refractivity contribution in [2.45, 2.75) is 12.8 Å². The summed E-state index contributed by atoms with van der Waals surface area (Å²) in [6, 6.07) is 5.96. The van der Waals surface area contributed by atoms with Crippen molar-refractivity contribution < 1.29 is 0 Å². The average molecular weight is 455 g/mol. The maximum absolute atomic E-state index is 4.60. The Balaban J connectivity index is 2.20. The van der Waals surface area contributed by atoms with Gasteiger partial charge in [-0.2, -0.15) is 0 Å².